The largest absolute Gasteiger partial charge is 0.478 e. The van der Waals surface area contributed by atoms with Crippen LogP contribution in [0.15, 0.2) is 24.4 Å². The summed E-state index contributed by atoms with van der Waals surface area (Å²) in [6.45, 7) is 0.684. The molecule has 21 heavy (non-hydrogen) atoms. The van der Waals surface area contributed by atoms with E-state index in [1.54, 1.807) is 18.3 Å². The zero-order valence-electron chi connectivity index (χ0n) is 11.2. The number of carboxylic acid groups (broad SMARTS) is 1. The van der Waals surface area contributed by atoms with Gasteiger partial charge >= 0.3 is 5.97 Å². The van der Waals surface area contributed by atoms with Crippen molar-refractivity contribution in [2.45, 2.75) is 19.3 Å². The Bertz CT molecular complexity index is 667. The summed E-state index contributed by atoms with van der Waals surface area (Å²) in [7, 11) is 0. The lowest BCUT2D eigenvalue weighted by Crippen LogP contribution is -2.19. The van der Waals surface area contributed by atoms with Crippen molar-refractivity contribution in [3.8, 4) is 11.7 Å². The Labute approximate surface area is 126 Å². The Kier molecular flexibility index (Phi) is 3.79. The van der Waals surface area contributed by atoms with Crippen molar-refractivity contribution in [3.05, 3.63) is 35.1 Å². The lowest BCUT2D eigenvalue weighted by atomic mass is 9.86. The van der Waals surface area contributed by atoms with Crippen molar-refractivity contribution < 1.29 is 14.6 Å². The maximum atomic E-state index is 10.9. The minimum Gasteiger partial charge on any atom is -0.478 e. The molecule has 2 heterocycles. The molecule has 0 radical (unpaired) electrons. The van der Waals surface area contributed by atoms with Gasteiger partial charge in [-0.2, -0.15) is 0 Å². The van der Waals surface area contributed by atoms with Gasteiger partial charge in [0.15, 0.2) is 5.82 Å². The molecule has 6 nitrogen and oxygen atoms in total. The normalized spacial score (nSPS) is 14.7. The lowest BCUT2D eigenvalue weighted by Gasteiger charge is -2.24. The number of halogens is 1. The molecule has 1 aliphatic carbocycles. The summed E-state index contributed by atoms with van der Waals surface area (Å²) in [4.78, 5) is 14.9. The summed E-state index contributed by atoms with van der Waals surface area (Å²) in [5.41, 5.74) is -0.0333. The zero-order chi connectivity index (χ0) is 14.8. The molecular weight excluding hydrogens is 294 g/mol. The second-order valence-electron chi connectivity index (χ2n) is 5.02. The van der Waals surface area contributed by atoms with Crippen molar-refractivity contribution in [1.82, 2.24) is 14.8 Å². The summed E-state index contributed by atoms with van der Waals surface area (Å²) in [6, 6.07) is 4.71. The van der Waals surface area contributed by atoms with E-state index in [1.807, 2.05) is 0 Å². The fraction of sp³-hybridized carbons (Fsp3) is 0.357. The number of rotatable bonds is 5. The number of aromatic nitrogens is 3. The third-order valence-electron chi connectivity index (χ3n) is 3.56. The Morgan fingerprint density at radius 1 is 1.43 bits per heavy atom. The standard InChI is InChI=1S/C14H14ClN3O3/c15-13-10(14(19)20)4-5-11(16-13)18-7-6-12(17-18)21-8-9-2-1-3-9/h4-7,9H,1-3,8H2,(H,19,20). The highest BCUT2D eigenvalue weighted by Gasteiger charge is 2.18. The fourth-order valence-electron chi connectivity index (χ4n) is 2.09. The summed E-state index contributed by atoms with van der Waals surface area (Å²) in [5, 5.41) is 13.1. The molecule has 1 saturated carbocycles. The van der Waals surface area contributed by atoms with E-state index in [4.69, 9.17) is 21.4 Å². The topological polar surface area (TPSA) is 77.2 Å². The van der Waals surface area contributed by atoms with Gasteiger partial charge in [0.2, 0.25) is 5.88 Å². The first-order valence-electron chi connectivity index (χ1n) is 6.72. The summed E-state index contributed by atoms with van der Waals surface area (Å²) < 4.78 is 7.12. The highest BCUT2D eigenvalue weighted by atomic mass is 35.5. The Hall–Kier alpha value is -2.08. The van der Waals surface area contributed by atoms with Gasteiger partial charge in [0.05, 0.1) is 12.2 Å². The van der Waals surface area contributed by atoms with E-state index in [1.165, 1.54) is 30.0 Å². The molecule has 0 unspecified atom stereocenters. The van der Waals surface area contributed by atoms with Crippen LogP contribution in [-0.2, 0) is 0 Å². The molecule has 110 valence electrons. The summed E-state index contributed by atoms with van der Waals surface area (Å²) in [6.07, 6.45) is 5.42. The van der Waals surface area contributed by atoms with Crippen molar-refractivity contribution in [3.63, 3.8) is 0 Å². The van der Waals surface area contributed by atoms with Crippen molar-refractivity contribution in [1.29, 1.82) is 0 Å². The van der Waals surface area contributed by atoms with Crippen LogP contribution in [0.3, 0.4) is 0 Å². The molecule has 7 heteroatoms. The Morgan fingerprint density at radius 3 is 2.86 bits per heavy atom. The van der Waals surface area contributed by atoms with Gasteiger partial charge in [-0.25, -0.2) is 14.5 Å². The maximum absolute atomic E-state index is 10.9. The molecule has 2 aromatic heterocycles. The van der Waals surface area contributed by atoms with Crippen LogP contribution in [-0.4, -0.2) is 32.4 Å². The minimum absolute atomic E-state index is 0.0333. The van der Waals surface area contributed by atoms with Gasteiger partial charge < -0.3 is 9.84 Å². The second kappa shape index (κ2) is 5.73. The number of hydrogen-bond donors (Lipinski definition) is 1. The number of nitrogens with zero attached hydrogens (tertiary/aromatic N) is 3. The minimum atomic E-state index is -1.11. The van der Waals surface area contributed by atoms with Gasteiger partial charge in [0.25, 0.3) is 0 Å². The molecule has 1 fully saturated rings. The van der Waals surface area contributed by atoms with Crippen LogP contribution < -0.4 is 4.74 Å². The lowest BCUT2D eigenvalue weighted by molar-refractivity contribution is 0.0696. The molecule has 0 amide bonds. The van der Waals surface area contributed by atoms with E-state index >= 15 is 0 Å². The van der Waals surface area contributed by atoms with Crippen LogP contribution in [0.1, 0.15) is 29.6 Å². The van der Waals surface area contributed by atoms with Crippen LogP contribution >= 0.6 is 11.6 Å². The van der Waals surface area contributed by atoms with E-state index in [-0.39, 0.29) is 10.7 Å². The van der Waals surface area contributed by atoms with E-state index in [2.05, 4.69) is 10.1 Å². The number of pyridine rings is 1. The van der Waals surface area contributed by atoms with E-state index in [9.17, 15) is 4.79 Å². The predicted molar refractivity (Wildman–Crippen MR) is 76.2 cm³/mol. The average molecular weight is 308 g/mol. The van der Waals surface area contributed by atoms with Crippen molar-refractivity contribution in [2.24, 2.45) is 5.92 Å². The molecule has 0 spiro atoms. The van der Waals surface area contributed by atoms with Crippen molar-refractivity contribution in [2.75, 3.05) is 6.61 Å². The van der Waals surface area contributed by atoms with Gasteiger partial charge in [0.1, 0.15) is 5.15 Å². The van der Waals surface area contributed by atoms with Gasteiger partial charge in [-0.05, 0) is 30.9 Å². The number of carbonyl (C=O) groups is 1. The first-order chi connectivity index (χ1) is 10.1. The maximum Gasteiger partial charge on any atom is 0.338 e. The highest BCUT2D eigenvalue weighted by Crippen LogP contribution is 2.26. The molecule has 0 aliphatic heterocycles. The van der Waals surface area contributed by atoms with Crippen molar-refractivity contribution >= 4 is 17.6 Å². The summed E-state index contributed by atoms with van der Waals surface area (Å²) in [5.74, 6) is 0.507. The van der Waals surface area contributed by atoms with Crippen LogP contribution in [0, 0.1) is 5.92 Å². The Balaban J connectivity index is 1.73. The number of carboxylic acids is 1. The molecular formula is C14H14ClN3O3. The number of hydrogen-bond acceptors (Lipinski definition) is 4. The average Bonchev–Trinajstić information content (AvgIpc) is 2.85. The van der Waals surface area contributed by atoms with Crippen LogP contribution in [0.5, 0.6) is 5.88 Å². The van der Waals surface area contributed by atoms with Crippen LogP contribution in [0.2, 0.25) is 5.15 Å². The Morgan fingerprint density at radius 2 is 2.24 bits per heavy atom. The van der Waals surface area contributed by atoms with E-state index in [0.29, 0.717) is 24.2 Å². The molecule has 0 bridgehead atoms. The quantitative estimate of drug-likeness (QED) is 0.859. The smallest absolute Gasteiger partial charge is 0.338 e. The molecule has 1 aliphatic rings. The molecule has 3 rings (SSSR count). The van der Waals surface area contributed by atoms with Gasteiger partial charge in [0, 0.05) is 12.3 Å². The zero-order valence-corrected chi connectivity index (χ0v) is 12.0. The number of aromatic carboxylic acids is 1. The third-order valence-corrected chi connectivity index (χ3v) is 3.84. The first kappa shape index (κ1) is 13.9. The molecule has 1 N–H and O–H groups in total. The van der Waals surface area contributed by atoms with Gasteiger partial charge in [-0.3, -0.25) is 0 Å². The first-order valence-corrected chi connectivity index (χ1v) is 7.10. The monoisotopic (exact) mass is 307 g/mol. The SMILES string of the molecule is O=C(O)c1ccc(-n2ccc(OCC3CCC3)n2)nc1Cl. The van der Waals surface area contributed by atoms with Gasteiger partial charge in [-0.15, -0.1) is 5.10 Å². The van der Waals surface area contributed by atoms with E-state index in [0.717, 1.165) is 0 Å². The van der Waals surface area contributed by atoms with E-state index < -0.39 is 5.97 Å². The van der Waals surface area contributed by atoms with Gasteiger partial charge in [-0.1, -0.05) is 18.0 Å². The summed E-state index contributed by atoms with van der Waals surface area (Å²) >= 11 is 5.85. The predicted octanol–water partition coefficient (Wildman–Crippen LogP) is 2.80. The molecule has 0 saturated heterocycles. The fourth-order valence-corrected chi connectivity index (χ4v) is 2.32. The molecule has 0 aromatic carbocycles. The second-order valence-corrected chi connectivity index (χ2v) is 5.38. The molecule has 2 aromatic rings. The highest BCUT2D eigenvalue weighted by molar-refractivity contribution is 6.32. The van der Waals surface area contributed by atoms with Crippen LogP contribution in [0.25, 0.3) is 5.82 Å². The third kappa shape index (κ3) is 3.00. The van der Waals surface area contributed by atoms with Crippen LogP contribution in [0.4, 0.5) is 0 Å². The molecule has 0 atom stereocenters. The number of ether oxygens (including phenoxy) is 1.